The molecule has 1 aliphatic rings. The number of hydrogen-bond donors (Lipinski definition) is 1. The van der Waals surface area contributed by atoms with Crippen LogP contribution in [0.5, 0.6) is 0 Å². The molecule has 68 valence electrons. The molecular weight excluding hydrogens is 535 g/mol. The molecule has 0 spiro atoms. The monoisotopic (exact) mass is 545 g/mol. The average molecular weight is 548 g/mol. The molecule has 0 aromatic carbocycles. The SMILES string of the molecule is C1CCCNCC1.[Br][Bi]([Br])[Br]. The van der Waals surface area contributed by atoms with E-state index < -0.39 is 14.7 Å². The van der Waals surface area contributed by atoms with Crippen molar-refractivity contribution in [2.24, 2.45) is 0 Å². The van der Waals surface area contributed by atoms with Gasteiger partial charge in [0.05, 0.1) is 0 Å². The van der Waals surface area contributed by atoms with Gasteiger partial charge in [0.25, 0.3) is 0 Å². The van der Waals surface area contributed by atoms with Crippen LogP contribution in [0, 0.1) is 0 Å². The van der Waals surface area contributed by atoms with Crippen LogP contribution in [0.25, 0.3) is 0 Å². The zero-order valence-electron chi connectivity index (χ0n) is 6.32. The molecule has 0 aromatic heterocycles. The second kappa shape index (κ2) is 10.4. The minimum absolute atomic E-state index is 1.16. The van der Waals surface area contributed by atoms with Crippen molar-refractivity contribution >= 4 is 51.4 Å². The van der Waals surface area contributed by atoms with Crippen LogP contribution in [0.4, 0.5) is 0 Å². The molecule has 0 aliphatic carbocycles. The van der Waals surface area contributed by atoms with Gasteiger partial charge in [-0.05, 0) is 25.9 Å². The molecule has 1 N–H and O–H groups in total. The fourth-order valence-corrected chi connectivity index (χ4v) is 0.979. The first-order valence-corrected chi connectivity index (χ1v) is 26.3. The van der Waals surface area contributed by atoms with Crippen LogP contribution in [-0.4, -0.2) is 27.8 Å². The van der Waals surface area contributed by atoms with Crippen molar-refractivity contribution in [2.75, 3.05) is 13.1 Å². The summed E-state index contributed by atoms with van der Waals surface area (Å²) in [6.45, 7) is 2.50. The van der Waals surface area contributed by atoms with Crippen LogP contribution < -0.4 is 5.32 Å². The van der Waals surface area contributed by atoms with E-state index >= 15 is 0 Å². The first-order valence-electron chi connectivity index (χ1n) is 3.71. The van der Waals surface area contributed by atoms with Gasteiger partial charge in [-0.1, -0.05) is 12.8 Å². The Kier molecular flexibility index (Phi) is 12.5. The van der Waals surface area contributed by atoms with E-state index in [4.69, 9.17) is 0 Å². The summed E-state index contributed by atoms with van der Waals surface area (Å²) < 4.78 is 0. The Hall–Kier alpha value is 2.28. The second-order valence-corrected chi connectivity index (χ2v) is 47.6. The van der Waals surface area contributed by atoms with E-state index in [1.165, 1.54) is 38.8 Å². The molecule has 1 saturated heterocycles. The maximum atomic E-state index is 3.35. The molecule has 0 radical (unpaired) electrons. The summed E-state index contributed by atoms with van der Waals surface area (Å²) in [7, 11) is 0. The normalized spacial score (nSPS) is 18.5. The topological polar surface area (TPSA) is 12.0 Å². The van der Waals surface area contributed by atoms with Gasteiger partial charge in [0.1, 0.15) is 0 Å². The summed E-state index contributed by atoms with van der Waals surface area (Å²) >= 11 is 8.77. The van der Waals surface area contributed by atoms with Gasteiger partial charge in [-0.3, -0.25) is 0 Å². The zero-order valence-corrected chi connectivity index (χ0v) is 14.6. The van der Waals surface area contributed by atoms with Crippen LogP contribution in [0.1, 0.15) is 25.7 Å². The molecule has 0 aromatic rings. The standard InChI is InChI=1S/C6H13N.Bi.3BrH/c1-2-4-6-7-5-3-1;;;;/h7H,1-6H2;;3*1H/q;+3;;;/p-3. The van der Waals surface area contributed by atoms with Crippen LogP contribution >= 0.6 is 36.7 Å². The molecule has 1 heterocycles. The van der Waals surface area contributed by atoms with Crippen molar-refractivity contribution in [1.82, 2.24) is 5.32 Å². The molecule has 0 amide bonds. The fourth-order valence-electron chi connectivity index (χ4n) is 0.979. The first-order chi connectivity index (χ1) is 5.23. The van der Waals surface area contributed by atoms with Gasteiger partial charge in [0.2, 0.25) is 0 Å². The Morgan fingerprint density at radius 3 is 1.55 bits per heavy atom. The third-order valence-electron chi connectivity index (χ3n) is 1.46. The molecule has 0 bridgehead atoms. The van der Waals surface area contributed by atoms with Crippen molar-refractivity contribution in [3.8, 4) is 0 Å². The van der Waals surface area contributed by atoms with E-state index in [1.807, 2.05) is 0 Å². The quantitative estimate of drug-likeness (QED) is 0.459. The predicted molar refractivity (Wildman–Crippen MR) is 63.9 cm³/mol. The number of hydrogen-bond acceptors (Lipinski definition) is 1. The van der Waals surface area contributed by atoms with Gasteiger partial charge < -0.3 is 5.32 Å². The van der Waals surface area contributed by atoms with Crippen LogP contribution in [-0.2, 0) is 0 Å². The predicted octanol–water partition coefficient (Wildman–Crippen LogP) is 3.31. The Morgan fingerprint density at radius 1 is 0.818 bits per heavy atom. The van der Waals surface area contributed by atoms with Gasteiger partial charge >= 0.3 is 51.4 Å². The van der Waals surface area contributed by atoms with E-state index in [2.05, 4.69) is 42.0 Å². The number of rotatable bonds is 0. The minimum atomic E-state index is -1.16. The van der Waals surface area contributed by atoms with Gasteiger partial charge in [-0.15, -0.1) is 0 Å². The summed E-state index contributed by atoms with van der Waals surface area (Å²) in [5.41, 5.74) is 0. The van der Waals surface area contributed by atoms with Crippen molar-refractivity contribution in [3.63, 3.8) is 0 Å². The molecule has 0 unspecified atom stereocenters. The Morgan fingerprint density at radius 2 is 1.18 bits per heavy atom. The maximum absolute atomic E-state index is 3.35. The summed E-state index contributed by atoms with van der Waals surface area (Å²) in [6, 6.07) is 0. The van der Waals surface area contributed by atoms with E-state index in [1.54, 1.807) is 0 Å². The van der Waals surface area contributed by atoms with Crippen LogP contribution in [0.3, 0.4) is 0 Å². The molecule has 0 saturated carbocycles. The summed E-state index contributed by atoms with van der Waals surface area (Å²) in [5, 5.41) is 3.35. The van der Waals surface area contributed by atoms with E-state index in [-0.39, 0.29) is 0 Å². The molecule has 1 aliphatic heterocycles. The fraction of sp³-hybridized carbons (Fsp3) is 1.00. The number of nitrogens with one attached hydrogen (secondary N) is 1. The van der Waals surface area contributed by atoms with Crippen molar-refractivity contribution < 1.29 is 0 Å². The van der Waals surface area contributed by atoms with Crippen LogP contribution in [0.15, 0.2) is 0 Å². The molecular formula is C6H13BiBr3N. The van der Waals surface area contributed by atoms with E-state index in [0.717, 1.165) is 0 Å². The zero-order chi connectivity index (χ0) is 8.53. The van der Waals surface area contributed by atoms with Crippen molar-refractivity contribution in [2.45, 2.75) is 25.7 Å². The van der Waals surface area contributed by atoms with Crippen molar-refractivity contribution in [3.05, 3.63) is 0 Å². The van der Waals surface area contributed by atoms with Gasteiger partial charge in [0, 0.05) is 0 Å². The molecule has 1 rings (SSSR count). The Labute approximate surface area is 94.1 Å². The summed E-state index contributed by atoms with van der Waals surface area (Å²) in [6.07, 6.45) is 5.65. The van der Waals surface area contributed by atoms with Gasteiger partial charge in [-0.25, -0.2) is 0 Å². The van der Waals surface area contributed by atoms with Gasteiger partial charge in [0.15, 0.2) is 0 Å². The average Bonchev–Trinajstić information content (AvgIpc) is 2.13. The first kappa shape index (κ1) is 13.3. The second-order valence-electron chi connectivity index (χ2n) is 2.36. The van der Waals surface area contributed by atoms with Gasteiger partial charge in [-0.2, -0.15) is 0 Å². The third-order valence-corrected chi connectivity index (χ3v) is 1.46. The van der Waals surface area contributed by atoms with E-state index in [9.17, 15) is 0 Å². The summed E-state index contributed by atoms with van der Waals surface area (Å²) in [4.78, 5) is 0. The molecule has 5 heteroatoms. The van der Waals surface area contributed by atoms with E-state index in [0.29, 0.717) is 0 Å². The number of halogens is 3. The third kappa shape index (κ3) is 15.1. The molecule has 0 atom stereocenters. The Bertz CT molecular complexity index is 59.8. The summed E-state index contributed by atoms with van der Waals surface area (Å²) in [5.74, 6) is 0. The van der Waals surface area contributed by atoms with Crippen molar-refractivity contribution in [1.29, 1.82) is 0 Å². The molecule has 1 nitrogen and oxygen atoms in total. The van der Waals surface area contributed by atoms with Crippen LogP contribution in [0.2, 0.25) is 0 Å². The molecule has 11 heavy (non-hydrogen) atoms. The molecule has 1 fully saturated rings. The Balaban J connectivity index is 0.000000218.